The average molecular weight is 282 g/mol. The molecule has 3 nitrogen and oxygen atoms in total. The Balaban J connectivity index is 3.25. The van der Waals surface area contributed by atoms with E-state index in [4.69, 9.17) is 0 Å². The molecule has 0 unspecified atom stereocenters. The third-order valence-corrected chi connectivity index (χ3v) is 2.59. The molecule has 0 radical (unpaired) electrons. The standard InChI is InChI=1S/C12H14F4O3/c1-10(2,3)11(17,18)8-6-7(4-5-9(8)13)19-12(14,15)16/h4-6,17-18H,1-3H3. The van der Waals surface area contributed by atoms with Gasteiger partial charge in [-0.1, -0.05) is 20.8 Å². The highest BCUT2D eigenvalue weighted by molar-refractivity contribution is 5.33. The summed E-state index contributed by atoms with van der Waals surface area (Å²) in [5.74, 6) is -4.39. The van der Waals surface area contributed by atoms with Crippen molar-refractivity contribution in [3.05, 3.63) is 29.6 Å². The molecule has 1 aromatic carbocycles. The Hall–Kier alpha value is -1.34. The molecule has 108 valence electrons. The Labute approximate surface area is 107 Å². The molecule has 0 aliphatic carbocycles. The molecular weight excluding hydrogens is 268 g/mol. The largest absolute Gasteiger partial charge is 0.573 e. The van der Waals surface area contributed by atoms with Crippen molar-refractivity contribution >= 4 is 0 Å². The number of ether oxygens (including phenoxy) is 1. The summed E-state index contributed by atoms with van der Waals surface area (Å²) < 4.78 is 53.4. The lowest BCUT2D eigenvalue weighted by molar-refractivity contribution is -0.275. The van der Waals surface area contributed by atoms with Crippen molar-refractivity contribution < 1.29 is 32.5 Å². The molecule has 0 fully saturated rings. The van der Waals surface area contributed by atoms with Gasteiger partial charge in [0.15, 0.2) is 5.79 Å². The van der Waals surface area contributed by atoms with Gasteiger partial charge in [-0.05, 0) is 18.2 Å². The van der Waals surface area contributed by atoms with E-state index in [9.17, 15) is 27.8 Å². The van der Waals surface area contributed by atoms with Crippen LogP contribution in [-0.2, 0) is 5.79 Å². The summed E-state index contributed by atoms with van der Waals surface area (Å²) in [6, 6.07) is 2.06. The third kappa shape index (κ3) is 3.57. The SMILES string of the molecule is CC(C)(C)C(O)(O)c1cc(OC(F)(F)F)ccc1F. The molecule has 0 aromatic heterocycles. The topological polar surface area (TPSA) is 49.7 Å². The van der Waals surface area contributed by atoms with Gasteiger partial charge in [-0.15, -0.1) is 13.2 Å². The summed E-state index contributed by atoms with van der Waals surface area (Å²) in [7, 11) is 0. The second kappa shape index (κ2) is 4.64. The van der Waals surface area contributed by atoms with Crippen LogP contribution in [0.2, 0.25) is 0 Å². The van der Waals surface area contributed by atoms with Crippen LogP contribution >= 0.6 is 0 Å². The van der Waals surface area contributed by atoms with E-state index in [1.165, 1.54) is 20.8 Å². The minimum Gasteiger partial charge on any atom is -0.406 e. The smallest absolute Gasteiger partial charge is 0.406 e. The van der Waals surface area contributed by atoms with Crippen molar-refractivity contribution in [3.63, 3.8) is 0 Å². The lowest BCUT2D eigenvalue weighted by atomic mass is 9.81. The highest BCUT2D eigenvalue weighted by atomic mass is 19.4. The van der Waals surface area contributed by atoms with Crippen molar-refractivity contribution in [2.75, 3.05) is 0 Å². The first kappa shape index (κ1) is 15.7. The van der Waals surface area contributed by atoms with Crippen LogP contribution in [0.1, 0.15) is 26.3 Å². The van der Waals surface area contributed by atoms with Crippen LogP contribution in [0, 0.1) is 11.2 Å². The number of halogens is 4. The van der Waals surface area contributed by atoms with E-state index in [1.54, 1.807) is 0 Å². The summed E-state index contributed by atoms with van der Waals surface area (Å²) in [5, 5.41) is 19.8. The first-order valence-corrected chi connectivity index (χ1v) is 5.35. The van der Waals surface area contributed by atoms with Crippen molar-refractivity contribution in [2.45, 2.75) is 32.9 Å². The van der Waals surface area contributed by atoms with Gasteiger partial charge in [0.1, 0.15) is 11.6 Å². The van der Waals surface area contributed by atoms with Crippen LogP contribution in [0.4, 0.5) is 17.6 Å². The highest BCUT2D eigenvalue weighted by Crippen LogP contribution is 2.39. The fourth-order valence-electron chi connectivity index (χ4n) is 1.37. The predicted molar refractivity (Wildman–Crippen MR) is 58.7 cm³/mol. The van der Waals surface area contributed by atoms with E-state index in [2.05, 4.69) is 4.74 Å². The molecular formula is C12H14F4O3. The normalized spacial score (nSPS) is 13.5. The lowest BCUT2D eigenvalue weighted by Gasteiger charge is -2.35. The van der Waals surface area contributed by atoms with Gasteiger partial charge in [0, 0.05) is 5.41 Å². The number of benzene rings is 1. The summed E-state index contributed by atoms with van der Waals surface area (Å²) in [6.45, 7) is 4.22. The Morgan fingerprint density at radius 2 is 1.58 bits per heavy atom. The molecule has 0 bridgehead atoms. The van der Waals surface area contributed by atoms with Crippen LogP contribution in [0.3, 0.4) is 0 Å². The zero-order valence-electron chi connectivity index (χ0n) is 10.5. The Kier molecular flexibility index (Phi) is 3.84. The fraction of sp³-hybridized carbons (Fsp3) is 0.500. The Bertz CT molecular complexity index is 461. The molecule has 1 rings (SSSR count). The summed E-state index contributed by atoms with van der Waals surface area (Å²) in [6.07, 6.45) is -4.94. The molecule has 0 spiro atoms. The quantitative estimate of drug-likeness (QED) is 0.647. The predicted octanol–water partition coefficient (Wildman–Crippen LogP) is 2.91. The highest BCUT2D eigenvalue weighted by Gasteiger charge is 2.42. The zero-order chi connectivity index (χ0) is 15.1. The van der Waals surface area contributed by atoms with Crippen molar-refractivity contribution in [3.8, 4) is 5.75 Å². The minimum atomic E-state index is -4.94. The van der Waals surface area contributed by atoms with E-state index in [1.807, 2.05) is 0 Å². The van der Waals surface area contributed by atoms with Gasteiger partial charge in [0.05, 0.1) is 5.56 Å². The molecule has 0 saturated carbocycles. The molecule has 7 heteroatoms. The summed E-state index contributed by atoms with van der Waals surface area (Å²) in [5.41, 5.74) is -1.88. The van der Waals surface area contributed by atoms with Gasteiger partial charge in [0.2, 0.25) is 0 Å². The average Bonchev–Trinajstić information content (AvgIpc) is 2.16. The third-order valence-electron chi connectivity index (χ3n) is 2.59. The summed E-state index contributed by atoms with van der Waals surface area (Å²) >= 11 is 0. The first-order valence-electron chi connectivity index (χ1n) is 5.35. The zero-order valence-corrected chi connectivity index (χ0v) is 10.5. The number of rotatable bonds is 2. The van der Waals surface area contributed by atoms with Gasteiger partial charge < -0.3 is 14.9 Å². The second-order valence-corrected chi connectivity index (χ2v) is 5.11. The molecule has 19 heavy (non-hydrogen) atoms. The van der Waals surface area contributed by atoms with Crippen molar-refractivity contribution in [1.29, 1.82) is 0 Å². The maximum absolute atomic E-state index is 13.6. The second-order valence-electron chi connectivity index (χ2n) is 5.11. The van der Waals surface area contributed by atoms with E-state index in [0.29, 0.717) is 12.1 Å². The van der Waals surface area contributed by atoms with E-state index in [-0.39, 0.29) is 0 Å². The molecule has 1 aromatic rings. The number of hydrogen-bond acceptors (Lipinski definition) is 3. The summed E-state index contributed by atoms with van der Waals surface area (Å²) in [4.78, 5) is 0. The van der Waals surface area contributed by atoms with Crippen molar-refractivity contribution in [1.82, 2.24) is 0 Å². The van der Waals surface area contributed by atoms with Gasteiger partial charge in [-0.25, -0.2) is 4.39 Å². The molecule has 0 saturated heterocycles. The fourth-order valence-corrected chi connectivity index (χ4v) is 1.37. The molecule has 0 aliphatic heterocycles. The Morgan fingerprint density at radius 3 is 2.00 bits per heavy atom. The van der Waals surface area contributed by atoms with Crippen LogP contribution in [0.25, 0.3) is 0 Å². The van der Waals surface area contributed by atoms with Gasteiger partial charge in [0.25, 0.3) is 0 Å². The van der Waals surface area contributed by atoms with Crippen LogP contribution < -0.4 is 4.74 Å². The maximum Gasteiger partial charge on any atom is 0.573 e. The van der Waals surface area contributed by atoms with E-state index < -0.39 is 34.7 Å². The molecule has 0 amide bonds. The van der Waals surface area contributed by atoms with Gasteiger partial charge >= 0.3 is 6.36 Å². The monoisotopic (exact) mass is 282 g/mol. The van der Waals surface area contributed by atoms with Crippen LogP contribution in [0.15, 0.2) is 18.2 Å². The lowest BCUT2D eigenvalue weighted by Crippen LogP contribution is -2.40. The molecule has 0 aliphatic rings. The number of aliphatic hydroxyl groups is 2. The molecule has 2 N–H and O–H groups in total. The van der Waals surface area contributed by atoms with Crippen LogP contribution in [-0.4, -0.2) is 16.6 Å². The number of hydrogen-bond donors (Lipinski definition) is 2. The van der Waals surface area contributed by atoms with E-state index in [0.717, 1.165) is 6.07 Å². The minimum absolute atomic E-state index is 0.619. The molecule has 0 atom stereocenters. The molecule has 0 heterocycles. The van der Waals surface area contributed by atoms with Crippen LogP contribution in [0.5, 0.6) is 5.75 Å². The first-order chi connectivity index (χ1) is 8.34. The van der Waals surface area contributed by atoms with E-state index >= 15 is 0 Å². The van der Waals surface area contributed by atoms with Crippen molar-refractivity contribution in [2.24, 2.45) is 5.41 Å². The van der Waals surface area contributed by atoms with Gasteiger partial charge in [-0.3, -0.25) is 0 Å². The maximum atomic E-state index is 13.6. The number of alkyl halides is 3. The van der Waals surface area contributed by atoms with Gasteiger partial charge in [-0.2, -0.15) is 0 Å². The Morgan fingerprint density at radius 1 is 1.05 bits per heavy atom.